The van der Waals surface area contributed by atoms with Crippen LogP contribution in [-0.2, 0) is 12.8 Å². The third-order valence-corrected chi connectivity index (χ3v) is 5.51. The van der Waals surface area contributed by atoms with Gasteiger partial charge in [0, 0.05) is 29.8 Å². The average Bonchev–Trinajstić information content (AvgIpc) is 3.23. The van der Waals surface area contributed by atoms with Gasteiger partial charge < -0.3 is 4.57 Å². The molecule has 1 fully saturated rings. The summed E-state index contributed by atoms with van der Waals surface area (Å²) in [7, 11) is 1.92. The summed E-state index contributed by atoms with van der Waals surface area (Å²) in [6.45, 7) is 0. The smallest absolute Gasteiger partial charge is 0.271 e. The van der Waals surface area contributed by atoms with E-state index >= 15 is 0 Å². The van der Waals surface area contributed by atoms with E-state index < -0.39 is 0 Å². The summed E-state index contributed by atoms with van der Waals surface area (Å²) in [5.41, 5.74) is 5.44. The molecule has 120 valence electrons. The highest BCUT2D eigenvalue weighted by Gasteiger charge is 2.10. The number of carbonyl (C=O) groups is 1. The Balaban J connectivity index is 1.55. The summed E-state index contributed by atoms with van der Waals surface area (Å²) in [5.74, 6) is 2.63. The zero-order chi connectivity index (χ0) is 16.1. The van der Waals surface area contributed by atoms with E-state index in [1.807, 2.05) is 47.6 Å². The fraction of sp³-hybridized carbons (Fsp3) is 0.333. The van der Waals surface area contributed by atoms with Crippen molar-refractivity contribution in [3.63, 3.8) is 0 Å². The van der Waals surface area contributed by atoms with Crippen molar-refractivity contribution >= 4 is 35.1 Å². The first kappa shape index (κ1) is 16.1. The fourth-order valence-corrected chi connectivity index (χ4v) is 3.85. The second kappa shape index (κ2) is 7.65. The van der Waals surface area contributed by atoms with Crippen molar-refractivity contribution in [3.05, 3.63) is 41.7 Å². The van der Waals surface area contributed by atoms with Gasteiger partial charge in [-0.3, -0.25) is 4.79 Å². The van der Waals surface area contributed by atoms with Gasteiger partial charge in [0.1, 0.15) is 6.33 Å². The van der Waals surface area contributed by atoms with Crippen molar-refractivity contribution < 1.29 is 4.79 Å². The van der Waals surface area contributed by atoms with Gasteiger partial charge in [0.2, 0.25) is 0 Å². The molecule has 1 aliphatic heterocycles. The molecular formula is C15H17N5OS2. The van der Waals surface area contributed by atoms with Crippen LogP contribution in [0.2, 0.25) is 0 Å². The summed E-state index contributed by atoms with van der Waals surface area (Å²) < 4.78 is 1.88. The molecule has 1 aromatic carbocycles. The van der Waals surface area contributed by atoms with Crippen LogP contribution in [0.25, 0.3) is 0 Å². The number of hydrazone groups is 1. The molecule has 1 N–H and O–H groups in total. The second-order valence-corrected chi connectivity index (χ2v) is 7.18. The summed E-state index contributed by atoms with van der Waals surface area (Å²) in [5, 5.41) is 12.9. The van der Waals surface area contributed by atoms with Crippen molar-refractivity contribution in [3.8, 4) is 0 Å². The number of amides is 1. The first-order valence-electron chi connectivity index (χ1n) is 7.21. The molecule has 0 spiro atoms. The molecule has 23 heavy (non-hydrogen) atoms. The molecule has 0 unspecified atom stereocenters. The Morgan fingerprint density at radius 1 is 1.43 bits per heavy atom. The Bertz CT molecular complexity index is 703. The summed E-state index contributed by atoms with van der Waals surface area (Å²) in [6.07, 6.45) is 2.64. The average molecular weight is 347 g/mol. The lowest BCUT2D eigenvalue weighted by atomic mass is 10.1. The van der Waals surface area contributed by atoms with Gasteiger partial charge in [-0.25, -0.2) is 5.43 Å². The van der Waals surface area contributed by atoms with Gasteiger partial charge in [0.05, 0.1) is 0 Å². The molecule has 3 rings (SSSR count). The van der Waals surface area contributed by atoms with Crippen molar-refractivity contribution in [1.82, 2.24) is 20.2 Å². The van der Waals surface area contributed by atoms with Crippen LogP contribution in [0.4, 0.5) is 0 Å². The summed E-state index contributed by atoms with van der Waals surface area (Å²) >= 11 is 3.45. The third kappa shape index (κ3) is 4.35. The molecule has 0 radical (unpaired) electrons. The van der Waals surface area contributed by atoms with E-state index in [1.54, 1.807) is 18.1 Å². The van der Waals surface area contributed by atoms with E-state index in [2.05, 4.69) is 20.7 Å². The van der Waals surface area contributed by atoms with E-state index in [-0.39, 0.29) is 5.91 Å². The highest BCUT2D eigenvalue weighted by Crippen LogP contribution is 2.20. The molecule has 0 atom stereocenters. The van der Waals surface area contributed by atoms with Gasteiger partial charge in [-0.2, -0.15) is 16.9 Å². The number of hydrogen-bond donors (Lipinski definition) is 1. The van der Waals surface area contributed by atoms with Crippen molar-refractivity contribution in [2.45, 2.75) is 17.3 Å². The van der Waals surface area contributed by atoms with Crippen LogP contribution < -0.4 is 5.43 Å². The monoisotopic (exact) mass is 347 g/mol. The van der Waals surface area contributed by atoms with Crippen LogP contribution in [-0.4, -0.2) is 37.9 Å². The number of nitrogens with one attached hydrogen (secondary N) is 1. The molecule has 1 amide bonds. The van der Waals surface area contributed by atoms with Crippen LogP contribution in [0, 0.1) is 0 Å². The van der Waals surface area contributed by atoms with Crippen LogP contribution in [0.15, 0.2) is 40.9 Å². The molecule has 0 aliphatic carbocycles. The quantitative estimate of drug-likeness (QED) is 0.664. The van der Waals surface area contributed by atoms with Gasteiger partial charge in [-0.05, 0) is 29.9 Å². The molecule has 6 nitrogen and oxygen atoms in total. The number of aryl methyl sites for hydroxylation is 1. The van der Waals surface area contributed by atoms with Gasteiger partial charge in [-0.15, -0.1) is 10.2 Å². The Labute approximate surface area is 143 Å². The SMILES string of the molecule is Cn1cnnc1SCc1ccc(C(=O)N/N=C2\CCSC2)cc1. The lowest BCUT2D eigenvalue weighted by Crippen LogP contribution is -2.19. The van der Waals surface area contributed by atoms with Crippen LogP contribution in [0.3, 0.4) is 0 Å². The van der Waals surface area contributed by atoms with Gasteiger partial charge in [-0.1, -0.05) is 23.9 Å². The van der Waals surface area contributed by atoms with Gasteiger partial charge >= 0.3 is 0 Å². The molecule has 2 heterocycles. The van der Waals surface area contributed by atoms with E-state index in [9.17, 15) is 4.79 Å². The Kier molecular flexibility index (Phi) is 5.35. The molecule has 1 aliphatic rings. The van der Waals surface area contributed by atoms with E-state index in [4.69, 9.17) is 0 Å². The van der Waals surface area contributed by atoms with Gasteiger partial charge in [0.15, 0.2) is 5.16 Å². The topological polar surface area (TPSA) is 72.2 Å². The molecule has 1 aromatic heterocycles. The minimum Gasteiger partial charge on any atom is -0.312 e. The first-order chi connectivity index (χ1) is 11.2. The zero-order valence-corrected chi connectivity index (χ0v) is 14.4. The van der Waals surface area contributed by atoms with Crippen molar-refractivity contribution in [2.75, 3.05) is 11.5 Å². The Morgan fingerprint density at radius 2 is 2.26 bits per heavy atom. The van der Waals surface area contributed by atoms with E-state index in [0.29, 0.717) is 5.56 Å². The van der Waals surface area contributed by atoms with Crippen LogP contribution >= 0.6 is 23.5 Å². The number of aromatic nitrogens is 3. The molecule has 0 bridgehead atoms. The number of hydrogen-bond acceptors (Lipinski definition) is 6. The lowest BCUT2D eigenvalue weighted by Gasteiger charge is -2.04. The predicted octanol–water partition coefficient (Wildman–Crippen LogP) is 2.33. The molecular weight excluding hydrogens is 330 g/mol. The maximum absolute atomic E-state index is 12.1. The molecule has 0 saturated carbocycles. The zero-order valence-electron chi connectivity index (χ0n) is 12.7. The fourth-order valence-electron chi connectivity index (χ4n) is 2.04. The minimum absolute atomic E-state index is 0.165. The molecule has 8 heteroatoms. The second-order valence-electron chi connectivity index (χ2n) is 5.13. The summed E-state index contributed by atoms with van der Waals surface area (Å²) in [6, 6.07) is 7.56. The first-order valence-corrected chi connectivity index (χ1v) is 9.35. The van der Waals surface area contributed by atoms with Crippen LogP contribution in [0.1, 0.15) is 22.3 Å². The number of nitrogens with zero attached hydrogens (tertiary/aromatic N) is 4. The van der Waals surface area contributed by atoms with Crippen molar-refractivity contribution in [2.24, 2.45) is 12.1 Å². The lowest BCUT2D eigenvalue weighted by molar-refractivity contribution is 0.0954. The van der Waals surface area contributed by atoms with Crippen molar-refractivity contribution in [1.29, 1.82) is 0 Å². The largest absolute Gasteiger partial charge is 0.312 e. The highest BCUT2D eigenvalue weighted by molar-refractivity contribution is 8.00. The maximum Gasteiger partial charge on any atom is 0.271 e. The predicted molar refractivity (Wildman–Crippen MR) is 93.8 cm³/mol. The van der Waals surface area contributed by atoms with Gasteiger partial charge in [0.25, 0.3) is 5.91 Å². The molecule has 1 saturated heterocycles. The molecule has 2 aromatic rings. The normalized spacial score (nSPS) is 16.0. The highest BCUT2D eigenvalue weighted by atomic mass is 32.2. The third-order valence-electron chi connectivity index (χ3n) is 3.37. The van der Waals surface area contributed by atoms with E-state index in [1.165, 1.54) is 0 Å². The standard InChI is InChI=1S/C15H17N5OS2/c1-20-10-16-19-15(20)23-8-11-2-4-12(5-3-11)14(21)18-17-13-6-7-22-9-13/h2-5,10H,6-9H2,1H3,(H,18,21)/b17-13+. The number of benzene rings is 1. The summed E-state index contributed by atoms with van der Waals surface area (Å²) in [4.78, 5) is 12.1. The number of carbonyl (C=O) groups excluding carboxylic acids is 1. The van der Waals surface area contributed by atoms with Crippen LogP contribution in [0.5, 0.6) is 0 Å². The number of rotatable bonds is 5. The van der Waals surface area contributed by atoms with E-state index in [0.717, 1.165) is 40.1 Å². The Morgan fingerprint density at radius 3 is 2.91 bits per heavy atom. The Hall–Kier alpha value is -1.80. The maximum atomic E-state index is 12.1. The minimum atomic E-state index is -0.165. The number of thioether (sulfide) groups is 2.